The van der Waals surface area contributed by atoms with Gasteiger partial charge in [0.15, 0.2) is 11.8 Å². The normalized spacial score (nSPS) is 19.5. The lowest BCUT2D eigenvalue weighted by atomic mass is 9.99. The second-order valence-corrected chi connectivity index (χ2v) is 7.58. The molecular weight excluding hydrogens is 378 g/mol. The third kappa shape index (κ3) is 4.39. The van der Waals surface area contributed by atoms with Crippen molar-refractivity contribution in [2.75, 3.05) is 19.7 Å². The molecule has 0 amide bonds. The number of benzene rings is 1. The summed E-state index contributed by atoms with van der Waals surface area (Å²) in [6, 6.07) is 2.36. The van der Waals surface area contributed by atoms with Crippen LogP contribution in [0.5, 0.6) is 0 Å². The molecule has 2 aliphatic rings. The molecule has 1 fully saturated rings. The predicted molar refractivity (Wildman–Crippen MR) is 104 cm³/mol. The molecule has 1 unspecified atom stereocenters. The minimum Gasteiger partial charge on any atom is -0.376 e. The van der Waals surface area contributed by atoms with Gasteiger partial charge in [-0.25, -0.2) is 13.8 Å². The average Bonchev–Trinajstić information content (AvgIpc) is 3.32. The Morgan fingerprint density at radius 2 is 2.21 bits per heavy atom. The molecule has 0 spiro atoms. The van der Waals surface area contributed by atoms with Crippen molar-refractivity contribution in [2.24, 2.45) is 12.0 Å². The van der Waals surface area contributed by atoms with Gasteiger partial charge in [-0.2, -0.15) is 0 Å². The molecule has 7 nitrogen and oxygen atoms in total. The van der Waals surface area contributed by atoms with Crippen LogP contribution in [0.25, 0.3) is 0 Å². The van der Waals surface area contributed by atoms with Crippen LogP contribution in [-0.4, -0.2) is 51.4 Å². The molecular formula is C20H26F2N6O. The van der Waals surface area contributed by atoms with Crippen LogP contribution in [0.15, 0.2) is 17.1 Å². The zero-order valence-electron chi connectivity index (χ0n) is 16.8. The van der Waals surface area contributed by atoms with Crippen LogP contribution in [0.1, 0.15) is 35.6 Å². The lowest BCUT2D eigenvalue weighted by molar-refractivity contribution is 0.113. The van der Waals surface area contributed by atoms with Crippen molar-refractivity contribution < 1.29 is 13.5 Å². The van der Waals surface area contributed by atoms with Crippen molar-refractivity contribution in [1.82, 2.24) is 25.0 Å². The van der Waals surface area contributed by atoms with Crippen molar-refractivity contribution >= 4 is 5.96 Å². The summed E-state index contributed by atoms with van der Waals surface area (Å²) < 4.78 is 35.4. The van der Waals surface area contributed by atoms with Gasteiger partial charge in [0.1, 0.15) is 24.0 Å². The summed E-state index contributed by atoms with van der Waals surface area (Å²) in [5.74, 6) is 1.25. The maximum absolute atomic E-state index is 14.1. The molecule has 9 heteroatoms. The average molecular weight is 404 g/mol. The standard InChI is InChI=1S/C20H26F2N6O/c1-13-25-26-19(27(13)2)11-24-20(23-10-16-4-3-7-29-16)28-6-5-17-14(12-28)8-15(21)9-18(17)22/h8-9,16H,3-7,10-12H2,1-2H3,(H,23,24). The quantitative estimate of drug-likeness (QED) is 0.624. The largest absolute Gasteiger partial charge is 0.376 e. The second-order valence-electron chi connectivity index (χ2n) is 7.58. The number of hydrogen-bond donors (Lipinski definition) is 1. The number of hydrogen-bond acceptors (Lipinski definition) is 4. The van der Waals surface area contributed by atoms with Crippen molar-refractivity contribution in [2.45, 2.75) is 45.4 Å². The Morgan fingerprint density at radius 3 is 2.93 bits per heavy atom. The Bertz CT molecular complexity index is 907. The van der Waals surface area contributed by atoms with Gasteiger partial charge in [-0.1, -0.05) is 0 Å². The third-order valence-electron chi connectivity index (χ3n) is 5.61. The van der Waals surface area contributed by atoms with Crippen molar-refractivity contribution in [3.63, 3.8) is 0 Å². The minimum atomic E-state index is -0.552. The summed E-state index contributed by atoms with van der Waals surface area (Å²) in [6.45, 7) is 4.70. The van der Waals surface area contributed by atoms with Crippen LogP contribution in [0.3, 0.4) is 0 Å². The van der Waals surface area contributed by atoms with Gasteiger partial charge in [0.25, 0.3) is 0 Å². The number of guanidine groups is 1. The Morgan fingerprint density at radius 1 is 1.34 bits per heavy atom. The molecule has 1 aromatic carbocycles. The summed E-state index contributed by atoms with van der Waals surface area (Å²) in [7, 11) is 1.91. The SMILES string of the molecule is Cc1nnc(CN=C(NCC2CCCO2)N2CCc3c(F)cc(F)cc3C2)n1C. The maximum atomic E-state index is 14.1. The van der Waals surface area contributed by atoms with E-state index in [0.29, 0.717) is 49.7 Å². The fraction of sp³-hybridized carbons (Fsp3) is 0.550. The van der Waals surface area contributed by atoms with E-state index in [-0.39, 0.29) is 6.10 Å². The first kappa shape index (κ1) is 19.8. The van der Waals surface area contributed by atoms with Gasteiger partial charge in [0.05, 0.1) is 6.10 Å². The number of aromatic nitrogens is 3. The van der Waals surface area contributed by atoms with Crippen molar-refractivity contribution in [3.05, 3.63) is 46.5 Å². The van der Waals surface area contributed by atoms with Crippen LogP contribution in [-0.2, 0) is 31.3 Å². The molecule has 0 radical (unpaired) electrons. The highest BCUT2D eigenvalue weighted by Crippen LogP contribution is 2.23. The Hall–Kier alpha value is -2.55. The monoisotopic (exact) mass is 404 g/mol. The molecule has 1 aromatic heterocycles. The summed E-state index contributed by atoms with van der Waals surface area (Å²) in [5.41, 5.74) is 1.25. The van der Waals surface area contributed by atoms with E-state index in [2.05, 4.69) is 15.5 Å². The van der Waals surface area contributed by atoms with E-state index in [1.165, 1.54) is 6.07 Å². The van der Waals surface area contributed by atoms with Crippen LogP contribution in [0.4, 0.5) is 8.78 Å². The number of halogens is 2. The third-order valence-corrected chi connectivity index (χ3v) is 5.61. The highest BCUT2D eigenvalue weighted by molar-refractivity contribution is 5.80. The van der Waals surface area contributed by atoms with E-state index in [1.807, 2.05) is 23.4 Å². The fourth-order valence-electron chi connectivity index (χ4n) is 3.80. The lowest BCUT2D eigenvalue weighted by Gasteiger charge is -2.32. The van der Waals surface area contributed by atoms with Gasteiger partial charge < -0.3 is 19.5 Å². The van der Waals surface area contributed by atoms with Gasteiger partial charge in [-0.15, -0.1) is 10.2 Å². The van der Waals surface area contributed by atoms with Gasteiger partial charge in [-0.3, -0.25) is 0 Å². The molecule has 0 bridgehead atoms. The molecule has 156 valence electrons. The van der Waals surface area contributed by atoms with Gasteiger partial charge in [-0.05, 0) is 43.4 Å². The van der Waals surface area contributed by atoms with Crippen LogP contribution >= 0.6 is 0 Å². The van der Waals surface area contributed by atoms with Crippen LogP contribution in [0.2, 0.25) is 0 Å². The number of nitrogens with one attached hydrogen (secondary N) is 1. The minimum absolute atomic E-state index is 0.157. The Kier molecular flexibility index (Phi) is 5.75. The zero-order valence-corrected chi connectivity index (χ0v) is 16.8. The van der Waals surface area contributed by atoms with Gasteiger partial charge >= 0.3 is 0 Å². The van der Waals surface area contributed by atoms with Gasteiger partial charge in [0, 0.05) is 39.4 Å². The van der Waals surface area contributed by atoms with E-state index in [9.17, 15) is 8.78 Å². The van der Waals surface area contributed by atoms with E-state index < -0.39 is 11.6 Å². The zero-order chi connectivity index (χ0) is 20.4. The molecule has 0 saturated carbocycles. The topological polar surface area (TPSA) is 67.6 Å². The maximum Gasteiger partial charge on any atom is 0.194 e. The Labute approximate surface area is 168 Å². The first-order valence-electron chi connectivity index (χ1n) is 9.98. The van der Waals surface area contributed by atoms with E-state index in [4.69, 9.17) is 9.73 Å². The van der Waals surface area contributed by atoms with Crippen molar-refractivity contribution in [1.29, 1.82) is 0 Å². The molecule has 4 rings (SSSR count). The molecule has 2 aromatic rings. The van der Waals surface area contributed by atoms with Crippen molar-refractivity contribution in [3.8, 4) is 0 Å². The number of aliphatic imine (C=N–C) groups is 1. The van der Waals surface area contributed by atoms with E-state index >= 15 is 0 Å². The number of nitrogens with zero attached hydrogens (tertiary/aromatic N) is 5. The van der Waals surface area contributed by atoms with Gasteiger partial charge in [0.2, 0.25) is 0 Å². The molecule has 1 atom stereocenters. The summed E-state index contributed by atoms with van der Waals surface area (Å²) in [5, 5.41) is 11.6. The Balaban J connectivity index is 1.53. The van der Waals surface area contributed by atoms with E-state index in [1.54, 1.807) is 0 Å². The predicted octanol–water partition coefficient (Wildman–Crippen LogP) is 2.08. The molecule has 29 heavy (non-hydrogen) atoms. The van der Waals surface area contributed by atoms with Crippen LogP contribution in [0, 0.1) is 18.6 Å². The number of rotatable bonds is 4. The molecule has 1 N–H and O–H groups in total. The summed E-state index contributed by atoms with van der Waals surface area (Å²) >= 11 is 0. The van der Waals surface area contributed by atoms with Crippen LogP contribution < -0.4 is 5.32 Å². The fourth-order valence-corrected chi connectivity index (χ4v) is 3.80. The molecule has 2 aliphatic heterocycles. The molecule has 1 saturated heterocycles. The highest BCUT2D eigenvalue weighted by atomic mass is 19.1. The lowest BCUT2D eigenvalue weighted by Crippen LogP contribution is -2.46. The second kappa shape index (κ2) is 8.44. The highest BCUT2D eigenvalue weighted by Gasteiger charge is 2.24. The first-order valence-corrected chi connectivity index (χ1v) is 9.98. The van der Waals surface area contributed by atoms with E-state index in [0.717, 1.165) is 37.2 Å². The number of aryl methyl sites for hydroxylation is 1. The summed E-state index contributed by atoms with van der Waals surface area (Å²) in [4.78, 5) is 6.76. The number of fused-ring (bicyclic) bond motifs is 1. The molecule has 3 heterocycles. The first-order chi connectivity index (χ1) is 14.0. The smallest absolute Gasteiger partial charge is 0.194 e. The number of ether oxygens (including phenoxy) is 1. The summed E-state index contributed by atoms with van der Waals surface area (Å²) in [6.07, 6.45) is 2.74. The molecule has 0 aliphatic carbocycles.